The normalized spacial score (nSPS) is 19.2. The zero-order valence-corrected chi connectivity index (χ0v) is 13.9. The molecule has 0 aromatic heterocycles. The Balaban J connectivity index is 2.12. The van der Waals surface area contributed by atoms with E-state index in [4.69, 9.17) is 5.11 Å². The van der Waals surface area contributed by atoms with Gasteiger partial charge in [0.25, 0.3) is 0 Å². The highest BCUT2D eigenvalue weighted by Crippen LogP contribution is 2.31. The molecular formula is C16H24N2O4S. The summed E-state index contributed by atoms with van der Waals surface area (Å²) in [6.07, 6.45) is 3.16. The van der Waals surface area contributed by atoms with E-state index in [9.17, 15) is 13.2 Å². The monoisotopic (exact) mass is 340 g/mol. The van der Waals surface area contributed by atoms with E-state index in [0.717, 1.165) is 37.9 Å². The van der Waals surface area contributed by atoms with E-state index >= 15 is 0 Å². The molecule has 1 saturated heterocycles. The van der Waals surface area contributed by atoms with Crippen LogP contribution in [0, 0.1) is 0 Å². The Kier molecular flexibility index (Phi) is 6.56. The molecule has 23 heavy (non-hydrogen) atoms. The van der Waals surface area contributed by atoms with Gasteiger partial charge < -0.3 is 10.4 Å². The van der Waals surface area contributed by atoms with Gasteiger partial charge in [-0.05, 0) is 56.3 Å². The minimum atomic E-state index is -3.61. The second-order valence-corrected chi connectivity index (χ2v) is 7.55. The Labute approximate surface area is 137 Å². The molecule has 0 saturated carbocycles. The fourth-order valence-corrected chi connectivity index (χ4v) is 4.29. The van der Waals surface area contributed by atoms with Crippen molar-refractivity contribution in [1.29, 1.82) is 0 Å². The molecule has 1 aliphatic heterocycles. The molecule has 1 fully saturated rings. The molecule has 6 nitrogen and oxygen atoms in total. The molecule has 1 atom stereocenters. The van der Waals surface area contributed by atoms with Crippen LogP contribution in [0.1, 0.15) is 43.6 Å². The van der Waals surface area contributed by atoms with Crippen molar-refractivity contribution in [2.24, 2.45) is 0 Å². The van der Waals surface area contributed by atoms with Crippen molar-refractivity contribution in [3.8, 4) is 0 Å². The molecule has 1 unspecified atom stereocenters. The zero-order chi connectivity index (χ0) is 16.7. The van der Waals surface area contributed by atoms with Gasteiger partial charge in [0.15, 0.2) is 0 Å². The Hall–Kier alpha value is -1.44. The first kappa shape index (κ1) is 17.9. The molecule has 7 heteroatoms. The fourth-order valence-electron chi connectivity index (χ4n) is 2.92. The van der Waals surface area contributed by atoms with Crippen LogP contribution in [0.15, 0.2) is 29.2 Å². The van der Waals surface area contributed by atoms with Gasteiger partial charge in [-0.1, -0.05) is 18.2 Å². The van der Waals surface area contributed by atoms with Crippen LogP contribution in [0.5, 0.6) is 0 Å². The van der Waals surface area contributed by atoms with Crippen molar-refractivity contribution < 1.29 is 18.3 Å². The number of hydrogen-bond donors (Lipinski definition) is 3. The first-order valence-corrected chi connectivity index (χ1v) is 9.50. The van der Waals surface area contributed by atoms with Gasteiger partial charge in [-0.15, -0.1) is 0 Å². The van der Waals surface area contributed by atoms with E-state index < -0.39 is 16.0 Å². The summed E-state index contributed by atoms with van der Waals surface area (Å²) in [5.41, 5.74) is 0.863. The Morgan fingerprint density at radius 2 is 2.04 bits per heavy atom. The van der Waals surface area contributed by atoms with Crippen LogP contribution in [-0.4, -0.2) is 39.1 Å². The van der Waals surface area contributed by atoms with Crippen molar-refractivity contribution in [2.75, 3.05) is 19.6 Å². The average molecular weight is 340 g/mol. The predicted octanol–water partition coefficient (Wildman–Crippen LogP) is 1.69. The minimum Gasteiger partial charge on any atom is -0.481 e. The number of hydrogen-bond acceptors (Lipinski definition) is 4. The van der Waals surface area contributed by atoms with E-state index in [0.29, 0.717) is 4.90 Å². The third kappa shape index (κ3) is 5.30. The lowest BCUT2D eigenvalue weighted by Gasteiger charge is -2.18. The summed E-state index contributed by atoms with van der Waals surface area (Å²) in [5.74, 6) is -0.688. The maximum atomic E-state index is 12.6. The molecule has 128 valence electrons. The maximum Gasteiger partial charge on any atom is 0.303 e. The molecule has 1 heterocycles. The summed E-state index contributed by atoms with van der Waals surface area (Å²) in [5, 5.41) is 12.0. The van der Waals surface area contributed by atoms with Crippen LogP contribution < -0.4 is 10.0 Å². The number of carboxylic acid groups (broad SMARTS) is 1. The largest absolute Gasteiger partial charge is 0.481 e. The molecule has 3 N–H and O–H groups in total. The van der Waals surface area contributed by atoms with Gasteiger partial charge in [-0.3, -0.25) is 4.79 Å². The fraction of sp³-hybridized carbons (Fsp3) is 0.562. The van der Waals surface area contributed by atoms with Crippen LogP contribution in [0.4, 0.5) is 0 Å². The highest BCUT2D eigenvalue weighted by molar-refractivity contribution is 7.89. The first-order valence-electron chi connectivity index (χ1n) is 8.02. The van der Waals surface area contributed by atoms with E-state index in [2.05, 4.69) is 10.0 Å². The number of sulfonamides is 1. The van der Waals surface area contributed by atoms with E-state index in [-0.39, 0.29) is 25.3 Å². The van der Waals surface area contributed by atoms with Gasteiger partial charge in [-0.25, -0.2) is 13.1 Å². The molecule has 1 aromatic rings. The Morgan fingerprint density at radius 3 is 2.83 bits per heavy atom. The lowest BCUT2D eigenvalue weighted by Crippen LogP contribution is -2.26. The number of carbonyl (C=O) groups is 1. The number of nitrogens with one attached hydrogen (secondary N) is 2. The Bertz CT molecular complexity index is 623. The summed E-state index contributed by atoms with van der Waals surface area (Å²) < 4.78 is 27.6. The number of benzene rings is 1. The lowest BCUT2D eigenvalue weighted by molar-refractivity contribution is -0.137. The third-order valence-corrected chi connectivity index (χ3v) is 5.62. The van der Waals surface area contributed by atoms with Crippen molar-refractivity contribution in [3.05, 3.63) is 29.8 Å². The number of carboxylic acids is 1. The molecule has 0 radical (unpaired) electrons. The van der Waals surface area contributed by atoms with E-state index in [1.54, 1.807) is 12.1 Å². The first-order chi connectivity index (χ1) is 11.0. The molecule has 0 amide bonds. The van der Waals surface area contributed by atoms with Gasteiger partial charge in [0.05, 0.1) is 4.90 Å². The van der Waals surface area contributed by atoms with Gasteiger partial charge in [0.2, 0.25) is 10.0 Å². The van der Waals surface area contributed by atoms with Gasteiger partial charge in [0, 0.05) is 13.0 Å². The molecule has 2 rings (SSSR count). The van der Waals surface area contributed by atoms with Crippen molar-refractivity contribution in [2.45, 2.75) is 42.9 Å². The van der Waals surface area contributed by atoms with E-state index in [1.807, 2.05) is 12.1 Å². The van der Waals surface area contributed by atoms with Crippen LogP contribution in [0.25, 0.3) is 0 Å². The van der Waals surface area contributed by atoms with Crippen molar-refractivity contribution in [1.82, 2.24) is 10.0 Å². The number of aliphatic carboxylic acids is 1. The summed E-state index contributed by atoms with van der Waals surface area (Å²) >= 11 is 0. The Morgan fingerprint density at radius 1 is 1.26 bits per heavy atom. The second kappa shape index (κ2) is 8.42. The van der Waals surface area contributed by atoms with Crippen LogP contribution in [0.3, 0.4) is 0 Å². The van der Waals surface area contributed by atoms with Crippen molar-refractivity contribution in [3.63, 3.8) is 0 Å². The summed E-state index contributed by atoms with van der Waals surface area (Å²) in [7, 11) is -3.61. The topological polar surface area (TPSA) is 95.5 Å². The third-order valence-electron chi connectivity index (χ3n) is 4.08. The highest BCUT2D eigenvalue weighted by Gasteiger charge is 2.23. The molecule has 0 aliphatic carbocycles. The second-order valence-electron chi connectivity index (χ2n) is 5.81. The maximum absolute atomic E-state index is 12.6. The molecule has 1 aromatic carbocycles. The standard InChI is InChI=1S/C16H24N2O4S/c19-16(20)8-4-11-18-23(21,22)15-7-2-1-6-14(15)13-5-3-10-17-12-9-13/h1-2,6-7,13,17-18H,3-5,8-12H2,(H,19,20). The molecule has 0 spiro atoms. The average Bonchev–Trinajstić information content (AvgIpc) is 2.81. The SMILES string of the molecule is O=C(O)CCCNS(=O)(=O)c1ccccc1C1CCCNCC1. The zero-order valence-electron chi connectivity index (χ0n) is 13.1. The van der Waals surface area contributed by atoms with Crippen LogP contribution in [-0.2, 0) is 14.8 Å². The van der Waals surface area contributed by atoms with Crippen molar-refractivity contribution >= 4 is 16.0 Å². The lowest BCUT2D eigenvalue weighted by atomic mass is 9.92. The van der Waals surface area contributed by atoms with Gasteiger partial charge >= 0.3 is 5.97 Å². The number of rotatable bonds is 7. The van der Waals surface area contributed by atoms with Crippen LogP contribution >= 0.6 is 0 Å². The summed E-state index contributed by atoms with van der Waals surface area (Å²) in [4.78, 5) is 10.8. The summed E-state index contributed by atoms with van der Waals surface area (Å²) in [6, 6.07) is 7.12. The van der Waals surface area contributed by atoms with Crippen LogP contribution in [0.2, 0.25) is 0 Å². The minimum absolute atomic E-state index is 0.0432. The smallest absolute Gasteiger partial charge is 0.303 e. The predicted molar refractivity (Wildman–Crippen MR) is 88.0 cm³/mol. The van der Waals surface area contributed by atoms with Gasteiger partial charge in [-0.2, -0.15) is 0 Å². The van der Waals surface area contributed by atoms with E-state index in [1.165, 1.54) is 0 Å². The molecule has 0 bridgehead atoms. The van der Waals surface area contributed by atoms with Gasteiger partial charge in [0.1, 0.15) is 0 Å². The molecule has 1 aliphatic rings. The quantitative estimate of drug-likeness (QED) is 0.657. The highest BCUT2D eigenvalue weighted by atomic mass is 32.2. The summed E-state index contributed by atoms with van der Waals surface area (Å²) in [6.45, 7) is 2.00. The molecular weight excluding hydrogens is 316 g/mol.